The van der Waals surface area contributed by atoms with E-state index in [0.717, 1.165) is 0 Å². The van der Waals surface area contributed by atoms with Crippen LogP contribution in [-0.4, -0.2) is 36.7 Å². The predicted octanol–water partition coefficient (Wildman–Crippen LogP) is 2.99. The Labute approximate surface area is 159 Å². The van der Waals surface area contributed by atoms with Gasteiger partial charge in [0.25, 0.3) is 0 Å². The first kappa shape index (κ1) is 20.8. The molecule has 0 amide bonds. The van der Waals surface area contributed by atoms with Crippen molar-refractivity contribution in [2.24, 2.45) is 17.3 Å². The van der Waals surface area contributed by atoms with Crippen LogP contribution in [0.5, 0.6) is 0 Å². The third-order valence-electron chi connectivity index (χ3n) is 5.17. The lowest BCUT2D eigenvalue weighted by atomic mass is 9.62. The molecule has 1 aliphatic carbocycles. The third-order valence-corrected chi connectivity index (χ3v) is 5.17. The van der Waals surface area contributed by atoms with Crippen molar-refractivity contribution in [2.45, 2.75) is 40.0 Å². The minimum Gasteiger partial charge on any atom is -0.465 e. The lowest BCUT2D eigenvalue weighted by Gasteiger charge is -2.39. The van der Waals surface area contributed by atoms with Crippen molar-refractivity contribution in [3.8, 4) is 0 Å². The highest BCUT2D eigenvalue weighted by atomic mass is 16.6. The van der Waals surface area contributed by atoms with Crippen LogP contribution in [0.25, 0.3) is 0 Å². The Morgan fingerprint density at radius 3 is 2.11 bits per heavy atom. The number of carbonyl (C=O) groups excluding carboxylic acids is 4. The van der Waals surface area contributed by atoms with Gasteiger partial charge in [-0.25, -0.2) is 0 Å². The zero-order chi connectivity index (χ0) is 20.0. The molecule has 1 saturated carbocycles. The molecule has 0 saturated heterocycles. The average Bonchev–Trinajstić information content (AvgIpc) is 2.67. The summed E-state index contributed by atoms with van der Waals surface area (Å²) in [4.78, 5) is 51.3. The summed E-state index contributed by atoms with van der Waals surface area (Å²) in [7, 11) is 0. The minimum atomic E-state index is -1.71. The van der Waals surface area contributed by atoms with Crippen LogP contribution in [0.1, 0.15) is 50.4 Å². The van der Waals surface area contributed by atoms with Gasteiger partial charge in [0.1, 0.15) is 5.78 Å². The lowest BCUT2D eigenvalue weighted by molar-refractivity contribution is -0.177. The van der Waals surface area contributed by atoms with Crippen LogP contribution in [0.2, 0.25) is 0 Å². The number of rotatable bonds is 7. The summed E-state index contributed by atoms with van der Waals surface area (Å²) in [5.41, 5.74) is -1.32. The van der Waals surface area contributed by atoms with E-state index in [-0.39, 0.29) is 31.2 Å². The van der Waals surface area contributed by atoms with Gasteiger partial charge in [-0.3, -0.25) is 19.2 Å². The maximum absolute atomic E-state index is 13.1. The molecule has 1 aromatic rings. The van der Waals surface area contributed by atoms with E-state index in [9.17, 15) is 19.2 Å². The lowest BCUT2D eigenvalue weighted by Crippen LogP contribution is -2.52. The van der Waals surface area contributed by atoms with Gasteiger partial charge >= 0.3 is 11.9 Å². The van der Waals surface area contributed by atoms with Crippen molar-refractivity contribution in [2.75, 3.05) is 13.2 Å². The molecular weight excluding hydrogens is 348 g/mol. The van der Waals surface area contributed by atoms with Gasteiger partial charge in [0.05, 0.1) is 19.1 Å². The van der Waals surface area contributed by atoms with Crippen LogP contribution in [0.15, 0.2) is 30.3 Å². The van der Waals surface area contributed by atoms with E-state index in [1.807, 2.05) is 0 Å². The van der Waals surface area contributed by atoms with E-state index in [2.05, 4.69) is 0 Å². The Hall–Kier alpha value is -2.50. The van der Waals surface area contributed by atoms with E-state index in [0.29, 0.717) is 18.4 Å². The van der Waals surface area contributed by atoms with Crippen LogP contribution >= 0.6 is 0 Å². The highest BCUT2D eigenvalue weighted by Crippen LogP contribution is 2.44. The maximum atomic E-state index is 13.1. The van der Waals surface area contributed by atoms with Gasteiger partial charge in [-0.05, 0) is 33.6 Å². The fourth-order valence-corrected chi connectivity index (χ4v) is 3.72. The number of benzene rings is 1. The van der Waals surface area contributed by atoms with Gasteiger partial charge in [0.15, 0.2) is 11.2 Å². The summed E-state index contributed by atoms with van der Waals surface area (Å²) >= 11 is 0. The molecule has 27 heavy (non-hydrogen) atoms. The van der Waals surface area contributed by atoms with Crippen molar-refractivity contribution in [1.29, 1.82) is 0 Å². The molecular formula is C21H26O6. The molecule has 146 valence electrons. The van der Waals surface area contributed by atoms with Crippen LogP contribution in [0.3, 0.4) is 0 Å². The van der Waals surface area contributed by atoms with E-state index in [1.165, 1.54) is 6.92 Å². The summed E-state index contributed by atoms with van der Waals surface area (Å²) in [5.74, 6) is -4.00. The molecule has 2 atom stereocenters. The smallest absolute Gasteiger partial charge is 0.323 e. The molecule has 6 heteroatoms. The predicted molar refractivity (Wildman–Crippen MR) is 98.0 cm³/mol. The molecule has 0 bridgehead atoms. The summed E-state index contributed by atoms with van der Waals surface area (Å²) < 4.78 is 10.3. The highest BCUT2D eigenvalue weighted by molar-refractivity contribution is 6.12. The van der Waals surface area contributed by atoms with E-state index in [1.54, 1.807) is 44.2 Å². The third kappa shape index (κ3) is 4.10. The Balaban J connectivity index is 2.50. The number of ether oxygens (including phenoxy) is 2. The van der Waals surface area contributed by atoms with Crippen molar-refractivity contribution in [1.82, 2.24) is 0 Å². The summed E-state index contributed by atoms with van der Waals surface area (Å²) in [6.45, 7) is 4.89. The van der Waals surface area contributed by atoms with E-state index >= 15 is 0 Å². The molecule has 2 rings (SSSR count). The first-order valence-electron chi connectivity index (χ1n) is 9.34. The molecule has 1 fully saturated rings. The number of carbonyl (C=O) groups is 4. The van der Waals surface area contributed by atoms with Gasteiger partial charge in [-0.15, -0.1) is 0 Å². The first-order valence-corrected chi connectivity index (χ1v) is 9.34. The Bertz CT molecular complexity index is 691. The standard InChI is InChI=1S/C21H26O6/c1-4-26-19(24)21(3,20(25)27-5-2)15-12-9-13-16(22)17(15)18(23)14-10-7-6-8-11-14/h6-8,10-11,15,17H,4-5,9,12-13H2,1-3H3. The molecule has 2 unspecified atom stereocenters. The van der Waals surface area contributed by atoms with Gasteiger partial charge in [0.2, 0.25) is 0 Å². The fraction of sp³-hybridized carbons (Fsp3) is 0.524. The van der Waals surface area contributed by atoms with E-state index in [4.69, 9.17) is 9.47 Å². The molecule has 0 heterocycles. The van der Waals surface area contributed by atoms with Gasteiger partial charge in [-0.1, -0.05) is 30.3 Å². The van der Waals surface area contributed by atoms with Crippen LogP contribution < -0.4 is 0 Å². The number of hydrogen-bond acceptors (Lipinski definition) is 6. The zero-order valence-electron chi connectivity index (χ0n) is 16.0. The Morgan fingerprint density at radius 2 is 1.59 bits per heavy atom. The summed E-state index contributed by atoms with van der Waals surface area (Å²) in [5, 5.41) is 0. The number of ketones is 2. The van der Waals surface area contributed by atoms with Crippen LogP contribution in [-0.2, 0) is 23.9 Å². The monoisotopic (exact) mass is 374 g/mol. The molecule has 1 aliphatic rings. The molecule has 0 N–H and O–H groups in total. The molecule has 0 radical (unpaired) electrons. The second-order valence-corrected chi connectivity index (χ2v) is 6.82. The second-order valence-electron chi connectivity index (χ2n) is 6.82. The molecule has 6 nitrogen and oxygen atoms in total. The van der Waals surface area contributed by atoms with Crippen molar-refractivity contribution in [3.05, 3.63) is 35.9 Å². The summed E-state index contributed by atoms with van der Waals surface area (Å²) in [6.07, 6.45) is 1.15. The Kier molecular flexibility index (Phi) is 6.88. The number of hydrogen-bond donors (Lipinski definition) is 0. The van der Waals surface area contributed by atoms with Gasteiger partial charge in [0, 0.05) is 17.9 Å². The first-order chi connectivity index (χ1) is 12.9. The quantitative estimate of drug-likeness (QED) is 0.414. The van der Waals surface area contributed by atoms with Gasteiger partial charge < -0.3 is 9.47 Å². The van der Waals surface area contributed by atoms with E-state index < -0.39 is 29.2 Å². The summed E-state index contributed by atoms with van der Waals surface area (Å²) in [6, 6.07) is 8.47. The van der Waals surface area contributed by atoms with Crippen molar-refractivity contribution >= 4 is 23.5 Å². The largest absolute Gasteiger partial charge is 0.465 e. The van der Waals surface area contributed by atoms with Crippen molar-refractivity contribution in [3.63, 3.8) is 0 Å². The highest BCUT2D eigenvalue weighted by Gasteiger charge is 2.57. The van der Waals surface area contributed by atoms with Crippen LogP contribution in [0, 0.1) is 17.3 Å². The Morgan fingerprint density at radius 1 is 1.04 bits per heavy atom. The molecule has 0 aliphatic heterocycles. The van der Waals surface area contributed by atoms with Crippen LogP contribution in [0.4, 0.5) is 0 Å². The van der Waals surface area contributed by atoms with Gasteiger partial charge in [-0.2, -0.15) is 0 Å². The normalized spacial score (nSPS) is 20.0. The topological polar surface area (TPSA) is 86.7 Å². The molecule has 1 aromatic carbocycles. The maximum Gasteiger partial charge on any atom is 0.323 e. The number of esters is 2. The fourth-order valence-electron chi connectivity index (χ4n) is 3.72. The minimum absolute atomic E-state index is 0.0891. The SMILES string of the molecule is CCOC(=O)C(C)(C(=O)OCC)C1CCCC(=O)C1C(=O)c1ccccc1. The number of Topliss-reactive ketones (excluding diaryl/α,β-unsaturated/α-hetero) is 2. The molecule has 0 spiro atoms. The van der Waals surface area contributed by atoms with Crippen molar-refractivity contribution < 1.29 is 28.7 Å². The second kappa shape index (κ2) is 8.93. The molecule has 0 aromatic heterocycles. The average molecular weight is 374 g/mol. The zero-order valence-corrected chi connectivity index (χ0v) is 16.0.